The quantitative estimate of drug-likeness (QED) is 0.603. The first-order chi connectivity index (χ1) is 9.82. The number of hydrogen-bond donors (Lipinski definition) is 2. The Morgan fingerprint density at radius 2 is 1.55 bits per heavy atom. The molecule has 0 bridgehead atoms. The van der Waals surface area contributed by atoms with Gasteiger partial charge in [-0.15, -0.1) is 0 Å². The summed E-state index contributed by atoms with van der Waals surface area (Å²) in [5.41, 5.74) is 1.29. The SMILES string of the molecule is NC(=CC(=O)Nc1c(Cl)cc(C(F)(F)F)cc1Cl)C(F)(F)F. The van der Waals surface area contributed by atoms with Crippen LogP contribution in [0.1, 0.15) is 5.56 Å². The standard InChI is InChI=1S/C11H6Cl2F6N2O/c12-5-1-4(10(14,15)16)2-6(13)9(5)21-8(22)3-7(20)11(17,18)19/h1-3H,20H2,(H,21,22). The summed E-state index contributed by atoms with van der Waals surface area (Å²) in [5, 5.41) is 0.652. The summed E-state index contributed by atoms with van der Waals surface area (Å²) in [6.07, 6.45) is -9.63. The normalized spacial score (nSPS) is 13.2. The molecule has 0 fully saturated rings. The summed E-state index contributed by atoms with van der Waals surface area (Å²) in [5.74, 6) is -1.35. The van der Waals surface area contributed by atoms with Gasteiger partial charge in [0.05, 0.1) is 21.3 Å². The van der Waals surface area contributed by atoms with Gasteiger partial charge >= 0.3 is 12.4 Å². The lowest BCUT2D eigenvalue weighted by molar-refractivity contribution is -0.137. The Morgan fingerprint density at radius 3 is 1.91 bits per heavy atom. The average Bonchev–Trinajstić information content (AvgIpc) is 2.31. The lowest BCUT2D eigenvalue weighted by atomic mass is 10.2. The van der Waals surface area contributed by atoms with Crippen LogP contribution in [-0.2, 0) is 11.0 Å². The maximum atomic E-state index is 12.5. The monoisotopic (exact) mass is 366 g/mol. The first-order valence-electron chi connectivity index (χ1n) is 5.24. The van der Waals surface area contributed by atoms with Gasteiger partial charge in [0.15, 0.2) is 0 Å². The fraction of sp³-hybridized carbons (Fsp3) is 0.182. The molecule has 22 heavy (non-hydrogen) atoms. The lowest BCUT2D eigenvalue weighted by Gasteiger charge is -2.13. The highest BCUT2D eigenvalue weighted by molar-refractivity contribution is 6.40. The van der Waals surface area contributed by atoms with Crippen molar-refractivity contribution in [1.82, 2.24) is 0 Å². The molecule has 0 radical (unpaired) electrons. The fourth-order valence-electron chi connectivity index (χ4n) is 1.24. The Balaban J connectivity index is 3.08. The van der Waals surface area contributed by atoms with Crippen molar-refractivity contribution in [2.45, 2.75) is 12.4 Å². The van der Waals surface area contributed by atoms with Crippen molar-refractivity contribution < 1.29 is 31.1 Å². The van der Waals surface area contributed by atoms with E-state index in [1.807, 2.05) is 5.32 Å². The zero-order chi connectivity index (χ0) is 17.3. The third-order valence-corrected chi connectivity index (χ3v) is 2.83. The fourth-order valence-corrected chi connectivity index (χ4v) is 1.82. The molecule has 0 atom stereocenters. The van der Waals surface area contributed by atoms with E-state index in [1.54, 1.807) is 0 Å². The molecule has 0 aliphatic heterocycles. The number of carbonyl (C=O) groups excluding carboxylic acids is 1. The second kappa shape index (κ2) is 6.25. The summed E-state index contributed by atoms with van der Waals surface area (Å²) in [6.45, 7) is 0. The van der Waals surface area contributed by atoms with Crippen molar-refractivity contribution in [2.75, 3.05) is 5.32 Å². The van der Waals surface area contributed by atoms with Crippen molar-refractivity contribution >= 4 is 34.8 Å². The zero-order valence-electron chi connectivity index (χ0n) is 10.2. The maximum absolute atomic E-state index is 12.5. The minimum atomic E-state index is -4.93. The molecule has 0 aliphatic rings. The molecule has 1 aromatic carbocycles. The van der Waals surface area contributed by atoms with Crippen LogP contribution in [0.3, 0.4) is 0 Å². The van der Waals surface area contributed by atoms with Gasteiger partial charge in [-0.1, -0.05) is 23.2 Å². The maximum Gasteiger partial charge on any atom is 0.430 e. The Labute approximate surface area is 129 Å². The summed E-state index contributed by atoms with van der Waals surface area (Å²) in [6, 6.07) is 0.944. The number of allylic oxidation sites excluding steroid dienone is 1. The average molecular weight is 367 g/mol. The van der Waals surface area contributed by atoms with Crippen LogP contribution in [0.25, 0.3) is 0 Å². The highest BCUT2D eigenvalue weighted by atomic mass is 35.5. The molecule has 1 rings (SSSR count). The Morgan fingerprint density at radius 1 is 1.09 bits per heavy atom. The van der Waals surface area contributed by atoms with Gasteiger partial charge in [0.25, 0.3) is 5.91 Å². The molecule has 0 aliphatic carbocycles. The molecule has 0 saturated heterocycles. The zero-order valence-corrected chi connectivity index (χ0v) is 11.8. The highest BCUT2D eigenvalue weighted by Crippen LogP contribution is 2.38. The van der Waals surface area contributed by atoms with E-state index in [9.17, 15) is 31.1 Å². The van der Waals surface area contributed by atoms with Crippen molar-refractivity contribution in [1.29, 1.82) is 0 Å². The summed E-state index contributed by atoms with van der Waals surface area (Å²) < 4.78 is 73.9. The number of amides is 1. The molecule has 11 heteroatoms. The van der Waals surface area contributed by atoms with E-state index >= 15 is 0 Å². The highest BCUT2D eigenvalue weighted by Gasteiger charge is 2.33. The molecule has 3 N–H and O–H groups in total. The molecule has 0 saturated carbocycles. The van der Waals surface area contributed by atoms with Crippen LogP contribution in [0.4, 0.5) is 32.0 Å². The van der Waals surface area contributed by atoms with Gasteiger partial charge in [0.1, 0.15) is 5.70 Å². The Bertz CT molecular complexity index is 601. The minimum absolute atomic E-state index is 0.0182. The van der Waals surface area contributed by atoms with Gasteiger partial charge in [-0.3, -0.25) is 4.79 Å². The topological polar surface area (TPSA) is 55.1 Å². The van der Waals surface area contributed by atoms with Crippen LogP contribution in [0.5, 0.6) is 0 Å². The smallest absolute Gasteiger partial charge is 0.395 e. The number of halogens is 8. The number of nitrogens with two attached hydrogens (primary N) is 1. The van der Waals surface area contributed by atoms with E-state index in [0.717, 1.165) is 0 Å². The molecule has 0 spiro atoms. The van der Waals surface area contributed by atoms with Crippen molar-refractivity contribution in [2.24, 2.45) is 5.73 Å². The number of anilines is 1. The molecule has 0 unspecified atom stereocenters. The first kappa shape index (κ1) is 18.4. The number of nitrogens with one attached hydrogen (secondary N) is 1. The molecule has 1 amide bonds. The van der Waals surface area contributed by atoms with E-state index in [0.29, 0.717) is 12.1 Å². The van der Waals surface area contributed by atoms with E-state index < -0.39 is 45.3 Å². The number of rotatable bonds is 2. The van der Waals surface area contributed by atoms with Gasteiger partial charge in [0.2, 0.25) is 0 Å². The first-order valence-corrected chi connectivity index (χ1v) is 5.99. The van der Waals surface area contributed by atoms with Crippen LogP contribution in [0.2, 0.25) is 10.0 Å². The largest absolute Gasteiger partial charge is 0.430 e. The number of alkyl halides is 6. The van der Waals surface area contributed by atoms with Gasteiger partial charge in [-0.2, -0.15) is 26.3 Å². The van der Waals surface area contributed by atoms with Gasteiger partial charge in [-0.05, 0) is 12.1 Å². The van der Waals surface area contributed by atoms with Crippen molar-refractivity contribution in [3.8, 4) is 0 Å². The van der Waals surface area contributed by atoms with Gasteiger partial charge in [-0.25, -0.2) is 0 Å². The number of carbonyl (C=O) groups is 1. The Hall–Kier alpha value is -1.61. The van der Waals surface area contributed by atoms with Crippen molar-refractivity contribution in [3.05, 3.63) is 39.5 Å². The van der Waals surface area contributed by atoms with Gasteiger partial charge < -0.3 is 11.1 Å². The third-order valence-electron chi connectivity index (χ3n) is 2.23. The molecular formula is C11H6Cl2F6N2O. The summed E-state index contributed by atoms with van der Waals surface area (Å²) >= 11 is 11.1. The summed E-state index contributed by atoms with van der Waals surface area (Å²) in [7, 11) is 0. The van der Waals surface area contributed by atoms with E-state index in [4.69, 9.17) is 23.2 Å². The van der Waals surface area contributed by atoms with E-state index in [2.05, 4.69) is 5.73 Å². The molecule has 3 nitrogen and oxygen atoms in total. The molecule has 122 valence electrons. The van der Waals surface area contributed by atoms with Crippen LogP contribution in [0, 0.1) is 0 Å². The van der Waals surface area contributed by atoms with Crippen LogP contribution < -0.4 is 11.1 Å². The number of hydrogen-bond acceptors (Lipinski definition) is 2. The minimum Gasteiger partial charge on any atom is -0.395 e. The predicted molar refractivity (Wildman–Crippen MR) is 68.4 cm³/mol. The van der Waals surface area contributed by atoms with Crippen LogP contribution in [-0.4, -0.2) is 12.1 Å². The number of benzene rings is 1. The third kappa shape index (κ3) is 4.70. The molecular weight excluding hydrogens is 361 g/mol. The van der Waals surface area contributed by atoms with Crippen molar-refractivity contribution in [3.63, 3.8) is 0 Å². The summed E-state index contributed by atoms with van der Waals surface area (Å²) in [4.78, 5) is 11.3. The second-order valence-corrected chi connectivity index (χ2v) is 4.71. The van der Waals surface area contributed by atoms with Gasteiger partial charge in [0, 0.05) is 6.08 Å². The van der Waals surface area contributed by atoms with Crippen LogP contribution >= 0.6 is 23.2 Å². The Kier molecular flexibility index (Phi) is 5.24. The molecule has 0 heterocycles. The lowest BCUT2D eigenvalue weighted by Crippen LogP contribution is -2.22. The molecule has 0 aromatic heterocycles. The molecule has 1 aromatic rings. The second-order valence-electron chi connectivity index (χ2n) is 3.90. The predicted octanol–water partition coefficient (Wildman–Crippen LogP) is 4.36. The van der Waals surface area contributed by atoms with E-state index in [-0.39, 0.29) is 6.08 Å². The van der Waals surface area contributed by atoms with E-state index in [1.165, 1.54) is 0 Å². The van der Waals surface area contributed by atoms with Crippen LogP contribution in [0.15, 0.2) is 23.9 Å².